The number of piperidine rings is 1. The molecular formula is C21H21N3O2. The Bertz CT molecular complexity index is 909. The number of hydrogen-bond donors (Lipinski definition) is 0. The van der Waals surface area contributed by atoms with Gasteiger partial charge >= 0.3 is 0 Å². The maximum absolute atomic E-state index is 12.7. The summed E-state index contributed by atoms with van der Waals surface area (Å²) in [6.07, 6.45) is 3.36. The Hall–Kier alpha value is -2.95. The Balaban J connectivity index is 1.58. The molecule has 1 aromatic heterocycles. The van der Waals surface area contributed by atoms with Crippen LogP contribution in [-0.4, -0.2) is 34.0 Å². The van der Waals surface area contributed by atoms with Crippen LogP contribution >= 0.6 is 0 Å². The van der Waals surface area contributed by atoms with Gasteiger partial charge in [-0.15, -0.1) is 0 Å². The van der Waals surface area contributed by atoms with Crippen molar-refractivity contribution in [2.45, 2.75) is 26.2 Å². The van der Waals surface area contributed by atoms with E-state index in [0.717, 1.165) is 37.1 Å². The van der Waals surface area contributed by atoms with Gasteiger partial charge in [-0.05, 0) is 50.5 Å². The minimum atomic E-state index is 0.0776. The van der Waals surface area contributed by atoms with Crippen molar-refractivity contribution in [3.63, 3.8) is 0 Å². The molecular weight excluding hydrogens is 326 g/mol. The van der Waals surface area contributed by atoms with Gasteiger partial charge in [-0.25, -0.2) is 0 Å². The monoisotopic (exact) mass is 347 g/mol. The highest BCUT2D eigenvalue weighted by atomic mass is 16.5. The maximum Gasteiger partial charge on any atom is 0.258 e. The van der Waals surface area contributed by atoms with Crippen LogP contribution in [-0.2, 0) is 0 Å². The Morgan fingerprint density at radius 3 is 2.54 bits per heavy atom. The first-order valence-electron chi connectivity index (χ1n) is 9.01. The number of rotatable bonds is 3. The normalized spacial score (nSPS) is 14.4. The fraction of sp³-hybridized carbons (Fsp3) is 0.286. The highest BCUT2D eigenvalue weighted by molar-refractivity contribution is 5.95. The van der Waals surface area contributed by atoms with Gasteiger partial charge in [0.25, 0.3) is 11.8 Å². The van der Waals surface area contributed by atoms with Gasteiger partial charge in [0, 0.05) is 29.8 Å². The zero-order chi connectivity index (χ0) is 17.9. The van der Waals surface area contributed by atoms with Crippen LogP contribution in [0.1, 0.15) is 35.2 Å². The summed E-state index contributed by atoms with van der Waals surface area (Å²) in [5.41, 5.74) is 3.52. The van der Waals surface area contributed by atoms with Crippen LogP contribution in [0.3, 0.4) is 0 Å². The number of carbonyl (C=O) groups is 1. The number of nitrogens with zero attached hydrogens (tertiary/aromatic N) is 3. The number of aromatic nitrogens is 2. The Labute approximate surface area is 152 Å². The van der Waals surface area contributed by atoms with Gasteiger partial charge in [-0.3, -0.25) is 4.79 Å². The molecule has 0 atom stereocenters. The van der Waals surface area contributed by atoms with E-state index in [1.165, 1.54) is 12.0 Å². The molecule has 5 nitrogen and oxygen atoms in total. The van der Waals surface area contributed by atoms with Crippen LogP contribution in [0.4, 0.5) is 0 Å². The van der Waals surface area contributed by atoms with Crippen LogP contribution < -0.4 is 0 Å². The summed E-state index contributed by atoms with van der Waals surface area (Å²) in [6, 6.07) is 15.4. The fourth-order valence-electron chi connectivity index (χ4n) is 3.23. The van der Waals surface area contributed by atoms with Crippen molar-refractivity contribution in [3.05, 3.63) is 59.7 Å². The topological polar surface area (TPSA) is 59.2 Å². The minimum absolute atomic E-state index is 0.0776. The number of hydrogen-bond acceptors (Lipinski definition) is 4. The van der Waals surface area contributed by atoms with Gasteiger partial charge in [0.2, 0.25) is 5.82 Å². The Morgan fingerprint density at radius 2 is 1.77 bits per heavy atom. The first-order valence-corrected chi connectivity index (χ1v) is 9.01. The Morgan fingerprint density at radius 1 is 1.00 bits per heavy atom. The quantitative estimate of drug-likeness (QED) is 0.707. The Kier molecular flexibility index (Phi) is 4.52. The molecule has 5 heteroatoms. The molecule has 4 rings (SSSR count). The van der Waals surface area contributed by atoms with Gasteiger partial charge in [0.15, 0.2) is 0 Å². The molecule has 132 valence electrons. The number of amides is 1. The van der Waals surface area contributed by atoms with E-state index in [0.29, 0.717) is 17.3 Å². The standard InChI is InChI=1S/C21H21N3O2/c1-15-8-10-16(11-9-15)20-22-19(23-26-20)17-6-5-7-18(14-17)21(25)24-12-3-2-4-13-24/h5-11,14H,2-4,12-13H2,1H3. The predicted octanol–water partition coefficient (Wildman–Crippen LogP) is 4.34. The van der Waals surface area contributed by atoms with Crippen molar-refractivity contribution >= 4 is 5.91 Å². The summed E-state index contributed by atoms with van der Waals surface area (Å²) >= 11 is 0. The van der Waals surface area contributed by atoms with Gasteiger partial charge in [0.05, 0.1) is 0 Å². The number of carbonyl (C=O) groups excluding carboxylic acids is 1. The van der Waals surface area contributed by atoms with Crippen LogP contribution in [0.15, 0.2) is 53.1 Å². The molecule has 0 spiro atoms. The molecule has 1 amide bonds. The van der Waals surface area contributed by atoms with E-state index in [1.54, 1.807) is 0 Å². The molecule has 1 aliphatic heterocycles. The zero-order valence-corrected chi connectivity index (χ0v) is 14.8. The first kappa shape index (κ1) is 16.5. The van der Waals surface area contributed by atoms with E-state index in [-0.39, 0.29) is 5.91 Å². The van der Waals surface area contributed by atoms with Crippen molar-refractivity contribution in [2.75, 3.05) is 13.1 Å². The van der Waals surface area contributed by atoms with E-state index in [2.05, 4.69) is 10.1 Å². The van der Waals surface area contributed by atoms with Crippen molar-refractivity contribution in [1.29, 1.82) is 0 Å². The lowest BCUT2D eigenvalue weighted by molar-refractivity contribution is 0.0724. The predicted molar refractivity (Wildman–Crippen MR) is 99.7 cm³/mol. The zero-order valence-electron chi connectivity index (χ0n) is 14.8. The van der Waals surface area contributed by atoms with Crippen LogP contribution in [0.25, 0.3) is 22.8 Å². The number of aryl methyl sites for hydroxylation is 1. The lowest BCUT2D eigenvalue weighted by Crippen LogP contribution is -2.35. The van der Waals surface area contributed by atoms with Crippen LogP contribution in [0.2, 0.25) is 0 Å². The summed E-state index contributed by atoms with van der Waals surface area (Å²) in [5, 5.41) is 4.09. The molecule has 0 bridgehead atoms. The molecule has 0 radical (unpaired) electrons. The molecule has 0 saturated carbocycles. The molecule has 1 saturated heterocycles. The summed E-state index contributed by atoms with van der Waals surface area (Å²) in [5.74, 6) is 1.05. The minimum Gasteiger partial charge on any atom is -0.339 e. The number of likely N-dealkylation sites (tertiary alicyclic amines) is 1. The molecule has 2 aromatic carbocycles. The lowest BCUT2D eigenvalue weighted by atomic mass is 10.1. The molecule has 3 aromatic rings. The third kappa shape index (κ3) is 3.38. The highest BCUT2D eigenvalue weighted by Gasteiger charge is 2.19. The van der Waals surface area contributed by atoms with Crippen molar-refractivity contribution in [3.8, 4) is 22.8 Å². The molecule has 2 heterocycles. The van der Waals surface area contributed by atoms with Crippen molar-refractivity contribution in [2.24, 2.45) is 0 Å². The highest BCUT2D eigenvalue weighted by Crippen LogP contribution is 2.24. The van der Waals surface area contributed by atoms with Gasteiger partial charge in [-0.1, -0.05) is 35.0 Å². The smallest absolute Gasteiger partial charge is 0.258 e. The van der Waals surface area contributed by atoms with Gasteiger partial charge in [-0.2, -0.15) is 4.98 Å². The summed E-state index contributed by atoms with van der Waals surface area (Å²) in [7, 11) is 0. The maximum atomic E-state index is 12.7. The third-order valence-electron chi connectivity index (χ3n) is 4.74. The number of benzene rings is 2. The SMILES string of the molecule is Cc1ccc(-c2nc(-c3cccc(C(=O)N4CCCCC4)c3)no2)cc1. The summed E-state index contributed by atoms with van der Waals surface area (Å²) in [6.45, 7) is 3.71. The average Bonchev–Trinajstić information content (AvgIpc) is 3.19. The van der Waals surface area contributed by atoms with E-state index in [4.69, 9.17) is 4.52 Å². The largest absolute Gasteiger partial charge is 0.339 e. The molecule has 1 aliphatic rings. The molecule has 1 fully saturated rings. The molecule has 26 heavy (non-hydrogen) atoms. The van der Waals surface area contributed by atoms with Crippen molar-refractivity contribution in [1.82, 2.24) is 15.0 Å². The van der Waals surface area contributed by atoms with E-state index in [1.807, 2.05) is 60.4 Å². The van der Waals surface area contributed by atoms with E-state index >= 15 is 0 Å². The van der Waals surface area contributed by atoms with E-state index in [9.17, 15) is 4.79 Å². The van der Waals surface area contributed by atoms with Crippen LogP contribution in [0.5, 0.6) is 0 Å². The van der Waals surface area contributed by atoms with Gasteiger partial charge in [0.1, 0.15) is 0 Å². The molecule has 0 aliphatic carbocycles. The average molecular weight is 347 g/mol. The molecule has 0 unspecified atom stereocenters. The summed E-state index contributed by atoms with van der Waals surface area (Å²) in [4.78, 5) is 19.1. The van der Waals surface area contributed by atoms with Crippen molar-refractivity contribution < 1.29 is 9.32 Å². The second kappa shape index (κ2) is 7.12. The van der Waals surface area contributed by atoms with Crippen LogP contribution in [0, 0.1) is 6.92 Å². The van der Waals surface area contributed by atoms with Gasteiger partial charge < -0.3 is 9.42 Å². The van der Waals surface area contributed by atoms with E-state index < -0.39 is 0 Å². The third-order valence-corrected chi connectivity index (χ3v) is 4.74. The summed E-state index contributed by atoms with van der Waals surface area (Å²) < 4.78 is 5.41. The fourth-order valence-corrected chi connectivity index (χ4v) is 3.23. The second-order valence-electron chi connectivity index (χ2n) is 6.72. The first-order chi connectivity index (χ1) is 12.7. The lowest BCUT2D eigenvalue weighted by Gasteiger charge is -2.26. The molecule has 0 N–H and O–H groups in total. The second-order valence-corrected chi connectivity index (χ2v) is 6.72.